The first kappa shape index (κ1) is 20.5. The molecule has 1 unspecified atom stereocenters. The molecule has 7 nitrogen and oxygen atoms in total. The molecule has 1 saturated carbocycles. The molecular formula is C22H25N3O4S. The number of benzene rings is 1. The van der Waals surface area contributed by atoms with Crippen LogP contribution in [-0.4, -0.2) is 27.4 Å². The zero-order valence-electron chi connectivity index (χ0n) is 16.9. The topological polar surface area (TPSA) is 94.0 Å². The number of carbonyl (C=O) groups is 1. The van der Waals surface area contributed by atoms with Crippen LogP contribution in [0.15, 0.2) is 39.4 Å². The first-order valence-electron chi connectivity index (χ1n) is 10.3. The van der Waals surface area contributed by atoms with Crippen LogP contribution in [0.25, 0.3) is 10.9 Å². The molecule has 158 valence electrons. The highest BCUT2D eigenvalue weighted by Gasteiger charge is 2.29. The van der Waals surface area contributed by atoms with E-state index in [4.69, 9.17) is 4.74 Å². The molecule has 1 N–H and O–H groups in total. The molecule has 1 fully saturated rings. The molecule has 2 aromatic heterocycles. The number of thiazole rings is 1. The Morgan fingerprint density at radius 3 is 2.80 bits per heavy atom. The molecule has 0 amide bonds. The van der Waals surface area contributed by atoms with E-state index >= 15 is 0 Å². The van der Waals surface area contributed by atoms with Crippen LogP contribution in [0.2, 0.25) is 0 Å². The molecular weight excluding hydrogens is 402 g/mol. The van der Waals surface area contributed by atoms with Crippen molar-refractivity contribution in [2.75, 3.05) is 7.11 Å². The van der Waals surface area contributed by atoms with Gasteiger partial charge < -0.3 is 9.72 Å². The van der Waals surface area contributed by atoms with Crippen molar-refractivity contribution in [1.82, 2.24) is 14.5 Å². The van der Waals surface area contributed by atoms with Crippen LogP contribution >= 0.6 is 11.3 Å². The van der Waals surface area contributed by atoms with Crippen LogP contribution in [0.1, 0.15) is 49.6 Å². The Kier molecular flexibility index (Phi) is 6.13. The molecule has 30 heavy (non-hydrogen) atoms. The van der Waals surface area contributed by atoms with Gasteiger partial charge in [0.2, 0.25) is 0 Å². The second-order valence-electron chi connectivity index (χ2n) is 7.81. The number of nitrogens with zero attached hydrogens (tertiary/aromatic N) is 2. The van der Waals surface area contributed by atoms with Crippen molar-refractivity contribution >= 4 is 28.0 Å². The smallest absolute Gasteiger partial charge is 0.329 e. The number of para-hydroxylation sites is 1. The number of ketones is 1. The Morgan fingerprint density at radius 1 is 1.30 bits per heavy atom. The number of Topliss-reactive ketones (excluding diaryl/α,β-unsaturated/α-hetero) is 1. The predicted octanol–water partition coefficient (Wildman–Crippen LogP) is 3.48. The lowest BCUT2D eigenvalue weighted by Gasteiger charge is -2.26. The van der Waals surface area contributed by atoms with E-state index < -0.39 is 17.3 Å². The molecule has 3 aromatic rings. The molecule has 1 aliphatic rings. The number of aromatic amines is 1. The first-order valence-corrected chi connectivity index (χ1v) is 11.2. The zero-order valence-corrected chi connectivity index (χ0v) is 17.7. The van der Waals surface area contributed by atoms with Gasteiger partial charge in [-0.05, 0) is 24.5 Å². The molecule has 0 bridgehead atoms. The normalized spacial score (nSPS) is 15.9. The lowest BCUT2D eigenvalue weighted by Crippen LogP contribution is -2.42. The maximum absolute atomic E-state index is 13.3. The van der Waals surface area contributed by atoms with Gasteiger partial charge in [-0.1, -0.05) is 38.2 Å². The fraction of sp³-hybridized carbons (Fsp3) is 0.455. The standard InChI is InChI=1S/C22H25N3O4S/c1-29-18-9-5-8-15-20(18)24-22(28)25(21(15)27)16(12-14-6-3-2-4-7-14)17(26)13-19-23-10-11-30-19/h5,8-11,14,16H,2-4,6-7,12-13H2,1H3,(H,24,28). The Labute approximate surface area is 177 Å². The van der Waals surface area contributed by atoms with Gasteiger partial charge in [-0.25, -0.2) is 14.3 Å². The summed E-state index contributed by atoms with van der Waals surface area (Å²) in [6.07, 6.45) is 7.77. The number of rotatable bonds is 7. The molecule has 1 aromatic carbocycles. The van der Waals surface area contributed by atoms with E-state index in [-0.39, 0.29) is 12.2 Å². The highest BCUT2D eigenvalue weighted by molar-refractivity contribution is 7.09. The molecule has 1 atom stereocenters. The Bertz CT molecular complexity index is 1140. The van der Waals surface area contributed by atoms with Crippen LogP contribution in [0.4, 0.5) is 0 Å². The Hall–Kier alpha value is -2.74. The van der Waals surface area contributed by atoms with E-state index in [9.17, 15) is 14.4 Å². The summed E-state index contributed by atoms with van der Waals surface area (Å²) in [7, 11) is 1.49. The molecule has 0 aliphatic heterocycles. The number of hydrogen-bond acceptors (Lipinski definition) is 6. The van der Waals surface area contributed by atoms with Crippen molar-refractivity contribution in [2.24, 2.45) is 5.92 Å². The summed E-state index contributed by atoms with van der Waals surface area (Å²) in [6.45, 7) is 0. The lowest BCUT2D eigenvalue weighted by molar-refractivity contribution is -0.122. The summed E-state index contributed by atoms with van der Waals surface area (Å²) in [5.74, 6) is 0.605. The van der Waals surface area contributed by atoms with Crippen molar-refractivity contribution in [2.45, 2.75) is 51.0 Å². The van der Waals surface area contributed by atoms with Gasteiger partial charge in [0.05, 0.1) is 29.4 Å². The number of methoxy groups -OCH3 is 1. The number of H-pyrrole nitrogens is 1. The fourth-order valence-electron chi connectivity index (χ4n) is 4.41. The van der Waals surface area contributed by atoms with Crippen LogP contribution in [0.5, 0.6) is 5.75 Å². The number of nitrogens with one attached hydrogen (secondary N) is 1. The predicted molar refractivity (Wildman–Crippen MR) is 116 cm³/mol. The number of aromatic nitrogens is 3. The number of fused-ring (bicyclic) bond motifs is 1. The van der Waals surface area contributed by atoms with Crippen molar-refractivity contribution in [3.8, 4) is 5.75 Å². The Morgan fingerprint density at radius 2 is 2.10 bits per heavy atom. The average Bonchev–Trinajstić information content (AvgIpc) is 3.26. The van der Waals surface area contributed by atoms with Gasteiger partial charge in [0.15, 0.2) is 5.78 Å². The molecule has 8 heteroatoms. The monoisotopic (exact) mass is 427 g/mol. The van der Waals surface area contributed by atoms with Crippen molar-refractivity contribution < 1.29 is 9.53 Å². The van der Waals surface area contributed by atoms with E-state index in [0.29, 0.717) is 34.0 Å². The molecule has 0 saturated heterocycles. The van der Waals surface area contributed by atoms with Gasteiger partial charge in [-0.15, -0.1) is 11.3 Å². The minimum absolute atomic E-state index is 0.122. The molecule has 1 aliphatic carbocycles. The third-order valence-corrected chi connectivity index (χ3v) is 6.70. The summed E-state index contributed by atoms with van der Waals surface area (Å²) in [5, 5.41) is 2.85. The third kappa shape index (κ3) is 4.09. The van der Waals surface area contributed by atoms with E-state index in [1.165, 1.54) is 24.9 Å². The van der Waals surface area contributed by atoms with Gasteiger partial charge in [-0.3, -0.25) is 9.59 Å². The molecule has 2 heterocycles. The second-order valence-corrected chi connectivity index (χ2v) is 8.79. The lowest BCUT2D eigenvalue weighted by atomic mass is 9.83. The molecule has 0 radical (unpaired) electrons. The average molecular weight is 428 g/mol. The highest BCUT2D eigenvalue weighted by Crippen LogP contribution is 2.31. The summed E-state index contributed by atoms with van der Waals surface area (Å²) >= 11 is 1.40. The number of carbonyl (C=O) groups excluding carboxylic acids is 1. The van der Waals surface area contributed by atoms with E-state index in [2.05, 4.69) is 9.97 Å². The third-order valence-electron chi connectivity index (χ3n) is 5.92. The van der Waals surface area contributed by atoms with Gasteiger partial charge in [0.25, 0.3) is 5.56 Å². The molecule has 0 spiro atoms. The number of ether oxygens (including phenoxy) is 1. The van der Waals surface area contributed by atoms with Crippen molar-refractivity contribution in [1.29, 1.82) is 0 Å². The maximum atomic E-state index is 13.3. The van der Waals surface area contributed by atoms with E-state index in [1.807, 2.05) is 5.38 Å². The Balaban J connectivity index is 1.79. The summed E-state index contributed by atoms with van der Waals surface area (Å²) < 4.78 is 6.40. The number of hydrogen-bond donors (Lipinski definition) is 1. The SMILES string of the molecule is COc1cccc2c(=O)n(C(CC3CCCCC3)C(=O)Cc3nccs3)c(=O)[nH]c12. The van der Waals surface area contributed by atoms with E-state index in [0.717, 1.165) is 30.3 Å². The van der Waals surface area contributed by atoms with Crippen molar-refractivity contribution in [3.05, 3.63) is 55.6 Å². The van der Waals surface area contributed by atoms with Crippen molar-refractivity contribution in [3.63, 3.8) is 0 Å². The van der Waals surface area contributed by atoms with Crippen LogP contribution in [-0.2, 0) is 11.2 Å². The van der Waals surface area contributed by atoms with Gasteiger partial charge in [0.1, 0.15) is 11.8 Å². The second kappa shape index (κ2) is 8.95. The highest BCUT2D eigenvalue weighted by atomic mass is 32.1. The van der Waals surface area contributed by atoms with Gasteiger partial charge in [0, 0.05) is 11.6 Å². The summed E-state index contributed by atoms with van der Waals surface area (Å²) in [5.41, 5.74) is -0.679. The van der Waals surface area contributed by atoms with Crippen LogP contribution < -0.4 is 16.0 Å². The van der Waals surface area contributed by atoms with Gasteiger partial charge >= 0.3 is 5.69 Å². The first-order chi connectivity index (χ1) is 14.6. The fourth-order valence-corrected chi connectivity index (χ4v) is 5.03. The summed E-state index contributed by atoms with van der Waals surface area (Å²) in [4.78, 5) is 46.6. The maximum Gasteiger partial charge on any atom is 0.329 e. The van der Waals surface area contributed by atoms with Gasteiger partial charge in [-0.2, -0.15) is 0 Å². The minimum atomic E-state index is -0.802. The molecule has 4 rings (SSSR count). The summed E-state index contributed by atoms with van der Waals surface area (Å²) in [6, 6.07) is 4.24. The quantitative estimate of drug-likeness (QED) is 0.623. The van der Waals surface area contributed by atoms with E-state index in [1.54, 1.807) is 24.4 Å². The zero-order chi connectivity index (χ0) is 21.1. The minimum Gasteiger partial charge on any atom is -0.495 e. The largest absolute Gasteiger partial charge is 0.495 e. The van der Waals surface area contributed by atoms with Crippen LogP contribution in [0.3, 0.4) is 0 Å². The van der Waals surface area contributed by atoms with Crippen LogP contribution in [0, 0.1) is 5.92 Å².